The van der Waals surface area contributed by atoms with E-state index in [1.54, 1.807) is 6.20 Å². The van der Waals surface area contributed by atoms with Crippen LogP contribution in [0.3, 0.4) is 0 Å². The lowest BCUT2D eigenvalue weighted by atomic mass is 10.2. The molecule has 2 heterocycles. The van der Waals surface area contributed by atoms with Gasteiger partial charge in [-0.1, -0.05) is 12.1 Å². The van der Waals surface area contributed by atoms with Crippen molar-refractivity contribution in [1.82, 2.24) is 20.0 Å². The second kappa shape index (κ2) is 9.19. The fourth-order valence-electron chi connectivity index (χ4n) is 2.83. The summed E-state index contributed by atoms with van der Waals surface area (Å²) < 4.78 is 7.18. The third-order valence-electron chi connectivity index (χ3n) is 4.13. The van der Waals surface area contributed by atoms with Crippen molar-refractivity contribution in [3.8, 4) is 0 Å². The van der Waals surface area contributed by atoms with Crippen molar-refractivity contribution in [2.75, 3.05) is 44.7 Å². The molecule has 1 aliphatic heterocycles. The number of aromatic nitrogens is 2. The van der Waals surface area contributed by atoms with Gasteiger partial charge in [-0.25, -0.2) is 4.79 Å². The van der Waals surface area contributed by atoms with Crippen molar-refractivity contribution >= 4 is 11.7 Å². The van der Waals surface area contributed by atoms with E-state index in [0.717, 1.165) is 50.5 Å². The van der Waals surface area contributed by atoms with Crippen LogP contribution >= 0.6 is 0 Å². The summed E-state index contributed by atoms with van der Waals surface area (Å²) in [6, 6.07) is 9.54. The molecule has 0 spiro atoms. The van der Waals surface area contributed by atoms with Crippen LogP contribution < -0.4 is 10.6 Å². The maximum atomic E-state index is 12.0. The Bertz CT molecular complexity index is 653. The first-order valence-electron chi connectivity index (χ1n) is 8.71. The van der Waals surface area contributed by atoms with E-state index < -0.39 is 0 Å². The van der Waals surface area contributed by atoms with Gasteiger partial charge in [0.2, 0.25) is 0 Å². The van der Waals surface area contributed by atoms with E-state index in [1.165, 1.54) is 0 Å². The lowest BCUT2D eigenvalue weighted by Gasteiger charge is -2.26. The van der Waals surface area contributed by atoms with E-state index in [9.17, 15) is 4.79 Å². The fourth-order valence-corrected chi connectivity index (χ4v) is 2.83. The van der Waals surface area contributed by atoms with Crippen LogP contribution in [0.4, 0.5) is 10.5 Å². The van der Waals surface area contributed by atoms with Crippen LogP contribution in [0.2, 0.25) is 0 Å². The van der Waals surface area contributed by atoms with Crippen LogP contribution in [-0.2, 0) is 11.3 Å². The summed E-state index contributed by atoms with van der Waals surface area (Å²) in [4.78, 5) is 14.4. The van der Waals surface area contributed by atoms with Crippen LogP contribution in [-0.4, -0.2) is 60.1 Å². The van der Waals surface area contributed by atoms with E-state index in [2.05, 4.69) is 20.6 Å². The smallest absolute Gasteiger partial charge is 0.319 e. The Balaban J connectivity index is 1.38. The van der Waals surface area contributed by atoms with Crippen LogP contribution in [0, 0.1) is 0 Å². The Kier molecular flexibility index (Phi) is 6.42. The summed E-state index contributed by atoms with van der Waals surface area (Å²) in [5.41, 5.74) is 1.88. The van der Waals surface area contributed by atoms with Gasteiger partial charge < -0.3 is 15.4 Å². The van der Waals surface area contributed by atoms with Gasteiger partial charge in [0.25, 0.3) is 0 Å². The average molecular weight is 343 g/mol. The number of hydrogen-bond donors (Lipinski definition) is 2. The third kappa shape index (κ3) is 5.88. The highest BCUT2D eigenvalue weighted by Crippen LogP contribution is 2.11. The van der Waals surface area contributed by atoms with Gasteiger partial charge >= 0.3 is 6.03 Å². The zero-order valence-corrected chi connectivity index (χ0v) is 14.4. The Morgan fingerprint density at radius 3 is 2.92 bits per heavy atom. The normalized spacial score (nSPS) is 15.0. The third-order valence-corrected chi connectivity index (χ3v) is 4.13. The summed E-state index contributed by atoms with van der Waals surface area (Å²) in [5.74, 6) is 0. The molecule has 7 heteroatoms. The van der Waals surface area contributed by atoms with E-state index in [-0.39, 0.29) is 6.03 Å². The van der Waals surface area contributed by atoms with Crippen LogP contribution in [0.25, 0.3) is 0 Å². The topological polar surface area (TPSA) is 71.4 Å². The molecule has 3 rings (SSSR count). The molecule has 2 N–H and O–H groups in total. The summed E-state index contributed by atoms with van der Waals surface area (Å²) in [7, 11) is 0. The number of benzene rings is 1. The number of hydrogen-bond acceptors (Lipinski definition) is 4. The summed E-state index contributed by atoms with van der Waals surface area (Å²) >= 11 is 0. The molecule has 1 aromatic carbocycles. The first kappa shape index (κ1) is 17.4. The van der Waals surface area contributed by atoms with Gasteiger partial charge in [-0.3, -0.25) is 9.58 Å². The molecule has 0 atom stereocenters. The first-order valence-corrected chi connectivity index (χ1v) is 8.71. The van der Waals surface area contributed by atoms with E-state index >= 15 is 0 Å². The van der Waals surface area contributed by atoms with Gasteiger partial charge in [0, 0.05) is 37.7 Å². The summed E-state index contributed by atoms with van der Waals surface area (Å²) in [6.07, 6.45) is 4.61. The number of amides is 2. The number of nitrogens with zero attached hydrogens (tertiary/aromatic N) is 3. The standard InChI is InChI=1S/C18H25N5O2/c24-18(19-6-2-8-22-10-12-25-13-11-22)21-17-5-1-4-16(14-17)15-23-9-3-7-20-23/h1,3-5,7,9,14H,2,6,8,10-13,15H2,(H2,19,21,24). The molecule has 25 heavy (non-hydrogen) atoms. The molecule has 1 aliphatic rings. The largest absolute Gasteiger partial charge is 0.379 e. The molecule has 1 fully saturated rings. The molecule has 2 amide bonds. The van der Waals surface area contributed by atoms with Gasteiger partial charge in [-0.15, -0.1) is 0 Å². The van der Waals surface area contributed by atoms with Crippen molar-refractivity contribution in [1.29, 1.82) is 0 Å². The molecule has 0 radical (unpaired) electrons. The Morgan fingerprint density at radius 1 is 1.24 bits per heavy atom. The van der Waals surface area contributed by atoms with Gasteiger partial charge in [0.05, 0.1) is 19.8 Å². The number of nitrogens with one attached hydrogen (secondary N) is 2. The van der Waals surface area contributed by atoms with Gasteiger partial charge in [-0.05, 0) is 36.7 Å². The SMILES string of the molecule is O=C(NCCCN1CCOCC1)Nc1cccc(Cn2cccn2)c1. The van der Waals surface area contributed by atoms with Crippen molar-refractivity contribution in [2.45, 2.75) is 13.0 Å². The molecule has 0 bridgehead atoms. The molecule has 0 saturated carbocycles. The second-order valence-electron chi connectivity index (χ2n) is 6.09. The second-order valence-corrected chi connectivity index (χ2v) is 6.09. The number of carbonyl (C=O) groups excluding carboxylic acids is 1. The molecule has 1 aromatic heterocycles. The van der Waals surface area contributed by atoms with Gasteiger partial charge in [-0.2, -0.15) is 5.10 Å². The molecule has 0 aliphatic carbocycles. The van der Waals surface area contributed by atoms with Crippen molar-refractivity contribution in [3.05, 3.63) is 48.3 Å². The molecule has 0 unspecified atom stereocenters. The highest BCUT2D eigenvalue weighted by Gasteiger charge is 2.09. The lowest BCUT2D eigenvalue weighted by molar-refractivity contribution is 0.0375. The van der Waals surface area contributed by atoms with Gasteiger partial charge in [0.15, 0.2) is 0 Å². The first-order chi connectivity index (χ1) is 12.3. The maximum Gasteiger partial charge on any atom is 0.319 e. The minimum absolute atomic E-state index is 0.168. The number of ether oxygens (including phenoxy) is 1. The van der Waals surface area contributed by atoms with Crippen LogP contribution in [0.15, 0.2) is 42.7 Å². The number of rotatable bonds is 7. The van der Waals surface area contributed by atoms with E-state index in [1.807, 2.05) is 41.2 Å². The van der Waals surface area contributed by atoms with Crippen LogP contribution in [0.1, 0.15) is 12.0 Å². The predicted molar refractivity (Wildman–Crippen MR) is 96.7 cm³/mol. The molecule has 1 saturated heterocycles. The Morgan fingerprint density at radius 2 is 2.12 bits per heavy atom. The minimum atomic E-state index is -0.168. The van der Waals surface area contributed by atoms with E-state index in [0.29, 0.717) is 13.1 Å². The zero-order valence-electron chi connectivity index (χ0n) is 14.4. The van der Waals surface area contributed by atoms with E-state index in [4.69, 9.17) is 4.74 Å². The fraction of sp³-hybridized carbons (Fsp3) is 0.444. The Hall–Kier alpha value is -2.38. The molecule has 134 valence electrons. The minimum Gasteiger partial charge on any atom is -0.379 e. The van der Waals surface area contributed by atoms with Crippen molar-refractivity contribution in [2.24, 2.45) is 0 Å². The van der Waals surface area contributed by atoms with Crippen molar-refractivity contribution in [3.63, 3.8) is 0 Å². The molecule has 7 nitrogen and oxygen atoms in total. The lowest BCUT2D eigenvalue weighted by Crippen LogP contribution is -2.38. The molecular formula is C18H25N5O2. The van der Waals surface area contributed by atoms with Crippen molar-refractivity contribution < 1.29 is 9.53 Å². The number of urea groups is 1. The zero-order chi connectivity index (χ0) is 17.3. The van der Waals surface area contributed by atoms with Gasteiger partial charge in [0.1, 0.15) is 0 Å². The highest BCUT2D eigenvalue weighted by atomic mass is 16.5. The number of anilines is 1. The number of carbonyl (C=O) groups is 1. The summed E-state index contributed by atoms with van der Waals surface area (Å²) in [6.45, 7) is 5.92. The quantitative estimate of drug-likeness (QED) is 0.752. The predicted octanol–water partition coefficient (Wildman–Crippen LogP) is 1.78. The molecular weight excluding hydrogens is 318 g/mol. The Labute approximate surface area is 148 Å². The highest BCUT2D eigenvalue weighted by molar-refractivity contribution is 5.89. The average Bonchev–Trinajstić information content (AvgIpc) is 3.13. The molecule has 2 aromatic rings. The van der Waals surface area contributed by atoms with Crippen LogP contribution in [0.5, 0.6) is 0 Å². The summed E-state index contributed by atoms with van der Waals surface area (Å²) in [5, 5.41) is 9.99. The maximum absolute atomic E-state index is 12.0. The number of morpholine rings is 1. The monoisotopic (exact) mass is 343 g/mol.